The summed E-state index contributed by atoms with van der Waals surface area (Å²) in [5.41, 5.74) is 0.955. The molecule has 0 radical (unpaired) electrons. The number of nitrogens with one attached hydrogen (secondary N) is 1. The normalized spacial score (nSPS) is 10.3. The number of anilines is 1. The number of carbonyl (C=O) groups is 2. The number of nitro benzene ring substituents is 1. The van der Waals surface area contributed by atoms with Crippen molar-refractivity contribution in [1.82, 2.24) is 9.78 Å². The van der Waals surface area contributed by atoms with Crippen LogP contribution < -0.4 is 10.1 Å². The predicted molar refractivity (Wildman–Crippen MR) is 107 cm³/mol. The van der Waals surface area contributed by atoms with Crippen molar-refractivity contribution in [3.63, 3.8) is 0 Å². The van der Waals surface area contributed by atoms with Crippen LogP contribution in [0.4, 0.5) is 11.4 Å². The molecule has 3 rings (SSSR count). The summed E-state index contributed by atoms with van der Waals surface area (Å²) in [6.45, 7) is 1.73. The van der Waals surface area contributed by atoms with Gasteiger partial charge in [0, 0.05) is 30.1 Å². The summed E-state index contributed by atoms with van der Waals surface area (Å²) in [6, 6.07) is 13.9. The maximum Gasteiger partial charge on any atom is 0.344 e. The van der Waals surface area contributed by atoms with E-state index in [0.29, 0.717) is 17.1 Å². The van der Waals surface area contributed by atoms with Crippen molar-refractivity contribution in [1.29, 1.82) is 0 Å². The van der Waals surface area contributed by atoms with Gasteiger partial charge in [-0.25, -0.2) is 9.48 Å². The molecule has 0 saturated heterocycles. The molecule has 0 aliphatic carbocycles. The molecule has 0 bridgehead atoms. The van der Waals surface area contributed by atoms with Crippen molar-refractivity contribution in [2.24, 2.45) is 0 Å². The summed E-state index contributed by atoms with van der Waals surface area (Å²) >= 11 is 0. The number of nitrogens with zero attached hydrogens (tertiary/aromatic N) is 3. The SMILES string of the molecule is CCOC(=O)COc1cccc(NC(=O)c2ccn(-c3cccc([N+](=O)[O-])c3)n2)c1. The van der Waals surface area contributed by atoms with Crippen LogP contribution in [-0.4, -0.2) is 39.8 Å². The van der Waals surface area contributed by atoms with Gasteiger partial charge in [-0.05, 0) is 31.2 Å². The van der Waals surface area contributed by atoms with Gasteiger partial charge < -0.3 is 14.8 Å². The average molecular weight is 410 g/mol. The summed E-state index contributed by atoms with van der Waals surface area (Å²) in [4.78, 5) is 34.3. The predicted octanol–water partition coefficient (Wildman–Crippen LogP) is 2.97. The van der Waals surface area contributed by atoms with Crippen LogP contribution in [0.2, 0.25) is 0 Å². The Morgan fingerprint density at radius 2 is 1.97 bits per heavy atom. The second-order valence-corrected chi connectivity index (χ2v) is 6.00. The molecule has 0 aliphatic heterocycles. The van der Waals surface area contributed by atoms with Gasteiger partial charge in [-0.2, -0.15) is 5.10 Å². The fraction of sp³-hybridized carbons (Fsp3) is 0.150. The van der Waals surface area contributed by atoms with Crippen LogP contribution in [0.1, 0.15) is 17.4 Å². The van der Waals surface area contributed by atoms with Gasteiger partial charge in [0.05, 0.1) is 17.2 Å². The number of esters is 1. The number of carbonyl (C=O) groups excluding carboxylic acids is 2. The summed E-state index contributed by atoms with van der Waals surface area (Å²) in [5, 5.41) is 17.8. The average Bonchev–Trinajstić information content (AvgIpc) is 3.23. The third-order valence-corrected chi connectivity index (χ3v) is 3.88. The van der Waals surface area contributed by atoms with Crippen molar-refractivity contribution in [2.45, 2.75) is 6.92 Å². The zero-order valence-electron chi connectivity index (χ0n) is 16.0. The van der Waals surface area contributed by atoms with Crippen molar-refractivity contribution >= 4 is 23.3 Å². The van der Waals surface area contributed by atoms with E-state index in [-0.39, 0.29) is 24.6 Å². The van der Waals surface area contributed by atoms with Crippen LogP contribution in [0.15, 0.2) is 60.8 Å². The molecule has 0 spiro atoms. The molecule has 1 heterocycles. The van der Waals surface area contributed by atoms with Gasteiger partial charge in [0.2, 0.25) is 0 Å². The van der Waals surface area contributed by atoms with Crippen molar-refractivity contribution < 1.29 is 24.0 Å². The highest BCUT2D eigenvalue weighted by molar-refractivity contribution is 6.02. The lowest BCUT2D eigenvalue weighted by Crippen LogP contribution is -2.15. The number of amides is 1. The Kier molecular flexibility index (Phi) is 6.38. The molecule has 1 amide bonds. The van der Waals surface area contributed by atoms with E-state index in [9.17, 15) is 19.7 Å². The first-order valence-electron chi connectivity index (χ1n) is 8.96. The minimum absolute atomic E-state index is 0.0753. The monoisotopic (exact) mass is 410 g/mol. The molecule has 1 N–H and O–H groups in total. The zero-order valence-corrected chi connectivity index (χ0v) is 16.0. The molecule has 0 atom stereocenters. The third kappa shape index (κ3) is 5.19. The van der Waals surface area contributed by atoms with E-state index in [1.807, 2.05) is 0 Å². The number of hydrogen-bond donors (Lipinski definition) is 1. The molecular weight excluding hydrogens is 392 g/mol. The van der Waals surface area contributed by atoms with Crippen LogP contribution in [0.25, 0.3) is 5.69 Å². The first kappa shape index (κ1) is 20.5. The fourth-order valence-electron chi connectivity index (χ4n) is 2.54. The Bertz CT molecular complexity index is 1080. The third-order valence-electron chi connectivity index (χ3n) is 3.88. The summed E-state index contributed by atoms with van der Waals surface area (Å²) in [7, 11) is 0. The van der Waals surface area contributed by atoms with E-state index in [4.69, 9.17) is 9.47 Å². The number of non-ortho nitro benzene ring substituents is 1. The second-order valence-electron chi connectivity index (χ2n) is 6.00. The number of aromatic nitrogens is 2. The molecule has 1 aromatic heterocycles. The maximum atomic E-state index is 12.5. The smallest absolute Gasteiger partial charge is 0.344 e. The first-order valence-corrected chi connectivity index (χ1v) is 8.96. The minimum Gasteiger partial charge on any atom is -0.482 e. The van der Waals surface area contributed by atoms with Crippen LogP contribution in [0.3, 0.4) is 0 Å². The van der Waals surface area contributed by atoms with Gasteiger partial charge in [-0.1, -0.05) is 12.1 Å². The molecule has 154 valence electrons. The Morgan fingerprint density at radius 3 is 2.73 bits per heavy atom. The lowest BCUT2D eigenvalue weighted by molar-refractivity contribution is -0.384. The van der Waals surface area contributed by atoms with Crippen molar-refractivity contribution in [3.05, 3.63) is 76.6 Å². The quantitative estimate of drug-likeness (QED) is 0.344. The fourth-order valence-corrected chi connectivity index (χ4v) is 2.54. The Hall–Kier alpha value is -4.21. The van der Waals surface area contributed by atoms with E-state index >= 15 is 0 Å². The van der Waals surface area contributed by atoms with Crippen molar-refractivity contribution in [3.8, 4) is 11.4 Å². The largest absolute Gasteiger partial charge is 0.482 e. The molecular formula is C20H18N4O6. The van der Waals surface area contributed by atoms with Gasteiger partial charge in [-0.3, -0.25) is 14.9 Å². The highest BCUT2D eigenvalue weighted by atomic mass is 16.6. The van der Waals surface area contributed by atoms with E-state index < -0.39 is 16.8 Å². The molecule has 30 heavy (non-hydrogen) atoms. The van der Waals surface area contributed by atoms with Crippen molar-refractivity contribution in [2.75, 3.05) is 18.5 Å². The molecule has 0 saturated carbocycles. The van der Waals surface area contributed by atoms with Crippen LogP contribution in [0, 0.1) is 10.1 Å². The van der Waals surface area contributed by atoms with Crippen LogP contribution >= 0.6 is 0 Å². The minimum atomic E-state index is -0.502. The summed E-state index contributed by atoms with van der Waals surface area (Å²) in [6.07, 6.45) is 1.53. The Morgan fingerprint density at radius 1 is 1.17 bits per heavy atom. The Balaban J connectivity index is 1.67. The van der Waals surface area contributed by atoms with Gasteiger partial charge in [0.25, 0.3) is 11.6 Å². The van der Waals surface area contributed by atoms with Gasteiger partial charge >= 0.3 is 5.97 Å². The molecule has 3 aromatic rings. The van der Waals surface area contributed by atoms with Crippen LogP contribution in [-0.2, 0) is 9.53 Å². The Labute approximate surface area is 171 Å². The summed E-state index contributed by atoms with van der Waals surface area (Å²) < 4.78 is 11.5. The first-order chi connectivity index (χ1) is 14.5. The van der Waals surface area contributed by atoms with Gasteiger partial charge in [0.15, 0.2) is 12.3 Å². The topological polar surface area (TPSA) is 126 Å². The number of benzene rings is 2. The molecule has 10 nitrogen and oxygen atoms in total. The standard InChI is InChI=1S/C20H18N4O6/c1-2-29-19(25)13-30-17-8-3-5-14(11-17)21-20(26)18-9-10-23(22-18)15-6-4-7-16(12-15)24(27)28/h3-12H,2,13H2,1H3,(H,21,26). The van der Waals surface area contributed by atoms with Crippen LogP contribution in [0.5, 0.6) is 5.75 Å². The lowest BCUT2D eigenvalue weighted by Gasteiger charge is -2.08. The van der Waals surface area contributed by atoms with E-state index in [1.165, 1.54) is 35.1 Å². The highest BCUT2D eigenvalue weighted by Gasteiger charge is 2.13. The van der Waals surface area contributed by atoms with Gasteiger partial charge in [-0.15, -0.1) is 0 Å². The van der Waals surface area contributed by atoms with E-state index in [1.54, 1.807) is 37.3 Å². The molecule has 2 aromatic carbocycles. The highest BCUT2D eigenvalue weighted by Crippen LogP contribution is 2.19. The maximum absolute atomic E-state index is 12.5. The number of hydrogen-bond acceptors (Lipinski definition) is 7. The zero-order chi connectivity index (χ0) is 21.5. The molecule has 0 aliphatic rings. The number of ether oxygens (including phenoxy) is 2. The second kappa shape index (κ2) is 9.32. The molecule has 10 heteroatoms. The summed E-state index contributed by atoms with van der Waals surface area (Å²) in [5.74, 6) is -0.566. The van der Waals surface area contributed by atoms with E-state index in [0.717, 1.165) is 0 Å². The lowest BCUT2D eigenvalue weighted by atomic mass is 10.3. The van der Waals surface area contributed by atoms with E-state index in [2.05, 4.69) is 10.4 Å². The number of nitro groups is 1. The van der Waals surface area contributed by atoms with Gasteiger partial charge in [0.1, 0.15) is 5.75 Å². The molecule has 0 fully saturated rings. The number of rotatable bonds is 8. The molecule has 0 unspecified atom stereocenters.